The summed E-state index contributed by atoms with van der Waals surface area (Å²) in [6.07, 6.45) is 3.42. The number of ether oxygens (including phenoxy) is 1. The van der Waals surface area contributed by atoms with Crippen molar-refractivity contribution >= 4 is 0 Å². The van der Waals surface area contributed by atoms with Gasteiger partial charge >= 0.3 is 0 Å². The fourth-order valence-corrected chi connectivity index (χ4v) is 2.53. The maximum Gasteiger partial charge on any atom is 0.119 e. The van der Waals surface area contributed by atoms with Crippen molar-refractivity contribution in [2.75, 3.05) is 7.11 Å². The predicted molar refractivity (Wildman–Crippen MR) is 70.2 cm³/mol. The summed E-state index contributed by atoms with van der Waals surface area (Å²) in [7, 11) is 1.70. The second-order valence-electron chi connectivity index (χ2n) is 4.94. The van der Waals surface area contributed by atoms with E-state index in [-0.39, 0.29) is 0 Å². The Kier molecular flexibility index (Phi) is 4.02. The van der Waals surface area contributed by atoms with Gasteiger partial charge in [0.05, 0.1) is 7.11 Å². The van der Waals surface area contributed by atoms with Gasteiger partial charge in [-0.1, -0.05) is 12.1 Å². The van der Waals surface area contributed by atoms with Crippen molar-refractivity contribution in [3.63, 3.8) is 0 Å². The Hall–Kier alpha value is -1.06. The fourth-order valence-electron chi connectivity index (χ4n) is 2.53. The Labute approximate surface area is 103 Å². The summed E-state index contributed by atoms with van der Waals surface area (Å²) in [5, 5.41) is 3.64. The number of rotatable bonds is 4. The average molecular weight is 234 g/mol. The van der Waals surface area contributed by atoms with Crippen molar-refractivity contribution in [3.8, 4) is 5.75 Å². The number of nitrogens with two attached hydrogens (primary N) is 1. The van der Waals surface area contributed by atoms with Crippen LogP contribution in [0.4, 0.5) is 0 Å². The standard InChI is InChI=1S/C14H22N2O/c1-10(16-13-7-6-12(15)9-13)11-4-3-5-14(8-11)17-2/h3-5,8,10,12-13,16H,6-7,9,15H2,1-2H3/t10-,12?,13?/m0/s1. The topological polar surface area (TPSA) is 47.3 Å². The minimum absolute atomic E-state index is 0.348. The van der Waals surface area contributed by atoms with Gasteiger partial charge in [-0.3, -0.25) is 0 Å². The molecule has 1 fully saturated rings. The highest BCUT2D eigenvalue weighted by Crippen LogP contribution is 2.23. The van der Waals surface area contributed by atoms with Crippen LogP contribution in [0.1, 0.15) is 37.8 Å². The first-order chi connectivity index (χ1) is 8.19. The van der Waals surface area contributed by atoms with E-state index in [0.717, 1.165) is 18.6 Å². The van der Waals surface area contributed by atoms with Crippen LogP contribution in [0, 0.1) is 0 Å². The van der Waals surface area contributed by atoms with Gasteiger partial charge in [-0.05, 0) is 43.9 Å². The zero-order valence-electron chi connectivity index (χ0n) is 10.6. The van der Waals surface area contributed by atoms with Crippen LogP contribution in [0.2, 0.25) is 0 Å². The molecular formula is C14H22N2O. The lowest BCUT2D eigenvalue weighted by atomic mass is 10.1. The van der Waals surface area contributed by atoms with Gasteiger partial charge in [0.1, 0.15) is 5.75 Å². The molecule has 0 spiro atoms. The van der Waals surface area contributed by atoms with E-state index in [1.165, 1.54) is 12.0 Å². The van der Waals surface area contributed by atoms with Crippen LogP contribution in [0.3, 0.4) is 0 Å². The smallest absolute Gasteiger partial charge is 0.119 e. The van der Waals surface area contributed by atoms with Crippen LogP contribution in [-0.2, 0) is 0 Å². The number of hydrogen-bond acceptors (Lipinski definition) is 3. The van der Waals surface area contributed by atoms with Gasteiger partial charge in [0, 0.05) is 18.1 Å². The zero-order valence-corrected chi connectivity index (χ0v) is 10.6. The molecule has 17 heavy (non-hydrogen) atoms. The van der Waals surface area contributed by atoms with Crippen molar-refractivity contribution in [3.05, 3.63) is 29.8 Å². The third kappa shape index (κ3) is 3.20. The molecule has 0 aromatic heterocycles. The summed E-state index contributed by atoms with van der Waals surface area (Å²) in [5.41, 5.74) is 7.19. The molecule has 0 radical (unpaired) electrons. The van der Waals surface area contributed by atoms with Gasteiger partial charge in [0.2, 0.25) is 0 Å². The number of methoxy groups -OCH3 is 1. The van der Waals surface area contributed by atoms with E-state index in [0.29, 0.717) is 18.1 Å². The minimum atomic E-state index is 0.348. The van der Waals surface area contributed by atoms with E-state index >= 15 is 0 Å². The van der Waals surface area contributed by atoms with E-state index in [9.17, 15) is 0 Å². The Morgan fingerprint density at radius 1 is 1.41 bits per heavy atom. The molecule has 0 amide bonds. The SMILES string of the molecule is COc1cccc([C@H](C)NC2CCC(N)C2)c1. The van der Waals surface area contributed by atoms with Crippen molar-refractivity contribution in [1.29, 1.82) is 0 Å². The summed E-state index contributed by atoms with van der Waals surface area (Å²) >= 11 is 0. The largest absolute Gasteiger partial charge is 0.497 e. The van der Waals surface area contributed by atoms with Gasteiger partial charge < -0.3 is 15.8 Å². The lowest BCUT2D eigenvalue weighted by Gasteiger charge is -2.20. The molecule has 0 bridgehead atoms. The molecule has 1 aromatic rings. The van der Waals surface area contributed by atoms with E-state index in [1.807, 2.05) is 12.1 Å². The molecule has 3 N–H and O–H groups in total. The third-order valence-electron chi connectivity index (χ3n) is 3.55. The van der Waals surface area contributed by atoms with E-state index in [2.05, 4.69) is 24.4 Å². The molecule has 94 valence electrons. The van der Waals surface area contributed by atoms with Crippen LogP contribution in [-0.4, -0.2) is 19.2 Å². The molecule has 0 aliphatic heterocycles. The van der Waals surface area contributed by atoms with Gasteiger partial charge in [0.15, 0.2) is 0 Å². The molecular weight excluding hydrogens is 212 g/mol. The van der Waals surface area contributed by atoms with Gasteiger partial charge in [-0.25, -0.2) is 0 Å². The van der Waals surface area contributed by atoms with Crippen molar-refractivity contribution in [2.24, 2.45) is 5.73 Å². The predicted octanol–water partition coefficient (Wildman–Crippen LogP) is 2.23. The number of nitrogens with one attached hydrogen (secondary N) is 1. The van der Waals surface area contributed by atoms with Crippen LogP contribution in [0.15, 0.2) is 24.3 Å². The fraction of sp³-hybridized carbons (Fsp3) is 0.571. The maximum atomic E-state index is 5.93. The lowest BCUT2D eigenvalue weighted by Crippen LogP contribution is -2.30. The second-order valence-corrected chi connectivity index (χ2v) is 4.94. The summed E-state index contributed by atoms with van der Waals surface area (Å²) in [6.45, 7) is 2.19. The highest BCUT2D eigenvalue weighted by Gasteiger charge is 2.23. The highest BCUT2D eigenvalue weighted by atomic mass is 16.5. The first-order valence-electron chi connectivity index (χ1n) is 6.34. The van der Waals surface area contributed by atoms with Crippen LogP contribution >= 0.6 is 0 Å². The van der Waals surface area contributed by atoms with Crippen LogP contribution < -0.4 is 15.8 Å². The molecule has 2 rings (SSSR count). The van der Waals surface area contributed by atoms with Gasteiger partial charge in [-0.2, -0.15) is 0 Å². The molecule has 1 aromatic carbocycles. The van der Waals surface area contributed by atoms with E-state index in [1.54, 1.807) is 7.11 Å². The molecule has 2 unspecified atom stereocenters. The summed E-state index contributed by atoms with van der Waals surface area (Å²) < 4.78 is 5.24. The average Bonchev–Trinajstić information content (AvgIpc) is 2.75. The van der Waals surface area contributed by atoms with Crippen molar-refractivity contribution < 1.29 is 4.74 Å². The summed E-state index contributed by atoms with van der Waals surface area (Å²) in [4.78, 5) is 0. The second kappa shape index (κ2) is 5.52. The Balaban J connectivity index is 1.96. The van der Waals surface area contributed by atoms with Crippen molar-refractivity contribution in [2.45, 2.75) is 44.3 Å². The zero-order chi connectivity index (χ0) is 12.3. The van der Waals surface area contributed by atoms with E-state index < -0.39 is 0 Å². The summed E-state index contributed by atoms with van der Waals surface area (Å²) in [6, 6.07) is 9.52. The highest BCUT2D eigenvalue weighted by molar-refractivity contribution is 5.30. The maximum absolute atomic E-state index is 5.93. The molecule has 3 nitrogen and oxygen atoms in total. The lowest BCUT2D eigenvalue weighted by molar-refractivity contribution is 0.411. The van der Waals surface area contributed by atoms with Crippen LogP contribution in [0.5, 0.6) is 5.75 Å². The molecule has 3 atom stereocenters. The molecule has 3 heteroatoms. The molecule has 1 aliphatic rings. The van der Waals surface area contributed by atoms with Crippen LogP contribution in [0.25, 0.3) is 0 Å². The van der Waals surface area contributed by atoms with Gasteiger partial charge in [-0.15, -0.1) is 0 Å². The number of benzene rings is 1. The van der Waals surface area contributed by atoms with Crippen molar-refractivity contribution in [1.82, 2.24) is 5.32 Å². The first kappa shape index (κ1) is 12.4. The monoisotopic (exact) mass is 234 g/mol. The number of hydrogen-bond donors (Lipinski definition) is 2. The van der Waals surface area contributed by atoms with E-state index in [4.69, 9.17) is 10.5 Å². The Morgan fingerprint density at radius 2 is 2.24 bits per heavy atom. The minimum Gasteiger partial charge on any atom is -0.497 e. The quantitative estimate of drug-likeness (QED) is 0.840. The Bertz CT molecular complexity index is 367. The first-order valence-corrected chi connectivity index (χ1v) is 6.34. The molecule has 0 heterocycles. The molecule has 1 aliphatic carbocycles. The molecule has 1 saturated carbocycles. The third-order valence-corrected chi connectivity index (χ3v) is 3.55. The Morgan fingerprint density at radius 3 is 2.88 bits per heavy atom. The van der Waals surface area contributed by atoms with Gasteiger partial charge in [0.25, 0.3) is 0 Å². The molecule has 0 saturated heterocycles. The summed E-state index contributed by atoms with van der Waals surface area (Å²) in [5.74, 6) is 0.916. The normalized spacial score (nSPS) is 25.8.